The topological polar surface area (TPSA) is 38.1 Å². The van der Waals surface area contributed by atoms with E-state index in [-0.39, 0.29) is 6.04 Å². The third kappa shape index (κ3) is 2.39. The number of nitrogens with zero attached hydrogens (tertiary/aromatic N) is 1. The molecule has 0 spiro atoms. The molecule has 2 aromatic rings. The lowest BCUT2D eigenvalue weighted by molar-refractivity contribution is 0.490. The van der Waals surface area contributed by atoms with Crippen LogP contribution in [-0.2, 0) is 0 Å². The molecule has 0 aliphatic carbocycles. The van der Waals surface area contributed by atoms with E-state index in [2.05, 4.69) is 26.2 Å². The Hall–Kier alpha value is -1.29. The summed E-state index contributed by atoms with van der Waals surface area (Å²) < 4.78 is 6.26. The molecule has 2 aromatic heterocycles. The van der Waals surface area contributed by atoms with Crippen molar-refractivity contribution in [3.8, 4) is 0 Å². The van der Waals surface area contributed by atoms with Crippen LogP contribution in [0.1, 0.15) is 18.7 Å². The summed E-state index contributed by atoms with van der Waals surface area (Å²) >= 11 is 3.43. The monoisotopic (exact) mass is 266 g/mol. The van der Waals surface area contributed by atoms with E-state index in [1.807, 2.05) is 25.1 Å². The van der Waals surface area contributed by atoms with Gasteiger partial charge in [0.1, 0.15) is 5.76 Å². The summed E-state index contributed by atoms with van der Waals surface area (Å²) in [6.07, 6.45) is 5.19. The van der Waals surface area contributed by atoms with Crippen LogP contribution in [0.4, 0.5) is 5.69 Å². The minimum Gasteiger partial charge on any atom is -0.467 e. The van der Waals surface area contributed by atoms with E-state index in [4.69, 9.17) is 4.42 Å². The fraction of sp³-hybridized carbons (Fsp3) is 0.182. The van der Waals surface area contributed by atoms with Crippen LogP contribution in [0.2, 0.25) is 0 Å². The van der Waals surface area contributed by atoms with E-state index in [9.17, 15) is 0 Å². The van der Waals surface area contributed by atoms with Gasteiger partial charge in [-0.15, -0.1) is 0 Å². The van der Waals surface area contributed by atoms with Gasteiger partial charge in [0.05, 0.1) is 22.5 Å². The van der Waals surface area contributed by atoms with E-state index < -0.39 is 0 Å². The fourth-order valence-electron chi connectivity index (χ4n) is 1.33. The minimum absolute atomic E-state index is 0.138. The molecule has 2 rings (SSSR count). The van der Waals surface area contributed by atoms with E-state index in [0.717, 1.165) is 15.9 Å². The number of anilines is 1. The van der Waals surface area contributed by atoms with Crippen molar-refractivity contribution in [2.45, 2.75) is 13.0 Å². The maximum absolute atomic E-state index is 5.31. The first kappa shape index (κ1) is 10.2. The standard InChI is InChI=1S/C11H11BrN2O/c1-8(11-3-2-6-15-11)14-10-4-5-13-7-9(10)12/h2-8H,1H3,(H,13,14). The van der Waals surface area contributed by atoms with Crippen LogP contribution in [0, 0.1) is 0 Å². The van der Waals surface area contributed by atoms with Gasteiger partial charge in [-0.25, -0.2) is 0 Å². The van der Waals surface area contributed by atoms with Crippen molar-refractivity contribution < 1.29 is 4.42 Å². The largest absolute Gasteiger partial charge is 0.467 e. The third-order valence-corrected chi connectivity index (χ3v) is 2.75. The van der Waals surface area contributed by atoms with Gasteiger partial charge < -0.3 is 9.73 Å². The maximum Gasteiger partial charge on any atom is 0.125 e. The van der Waals surface area contributed by atoms with Gasteiger partial charge in [0.15, 0.2) is 0 Å². The molecule has 0 bridgehead atoms. The minimum atomic E-state index is 0.138. The van der Waals surface area contributed by atoms with Crippen LogP contribution < -0.4 is 5.32 Å². The highest BCUT2D eigenvalue weighted by molar-refractivity contribution is 9.10. The second kappa shape index (κ2) is 4.49. The third-order valence-electron chi connectivity index (χ3n) is 2.11. The SMILES string of the molecule is CC(Nc1ccncc1Br)c1ccco1. The highest BCUT2D eigenvalue weighted by Gasteiger charge is 2.09. The van der Waals surface area contributed by atoms with Crippen LogP contribution in [0.5, 0.6) is 0 Å². The Labute approximate surface area is 96.6 Å². The number of halogens is 1. The summed E-state index contributed by atoms with van der Waals surface area (Å²) in [5.74, 6) is 0.915. The highest BCUT2D eigenvalue weighted by atomic mass is 79.9. The first-order valence-corrected chi connectivity index (χ1v) is 5.46. The van der Waals surface area contributed by atoms with Crippen LogP contribution >= 0.6 is 15.9 Å². The molecular formula is C11H11BrN2O. The zero-order valence-corrected chi connectivity index (χ0v) is 9.86. The molecule has 0 radical (unpaired) electrons. The Kier molecular flexibility index (Phi) is 3.06. The van der Waals surface area contributed by atoms with Crippen LogP contribution in [-0.4, -0.2) is 4.98 Å². The molecule has 4 heteroatoms. The summed E-state index contributed by atoms with van der Waals surface area (Å²) in [6, 6.07) is 5.89. The first-order valence-electron chi connectivity index (χ1n) is 4.67. The molecule has 3 nitrogen and oxygen atoms in total. The molecule has 0 saturated carbocycles. The molecule has 1 N–H and O–H groups in total. The van der Waals surface area contributed by atoms with Gasteiger partial charge in [-0.1, -0.05) is 0 Å². The predicted molar refractivity (Wildman–Crippen MR) is 62.7 cm³/mol. The van der Waals surface area contributed by atoms with Crippen molar-refractivity contribution >= 4 is 21.6 Å². The van der Waals surface area contributed by atoms with Crippen LogP contribution in [0.15, 0.2) is 45.7 Å². The zero-order chi connectivity index (χ0) is 10.7. The normalized spacial score (nSPS) is 12.4. The predicted octanol–water partition coefficient (Wildman–Crippen LogP) is 3.61. The Morgan fingerprint density at radius 2 is 2.33 bits per heavy atom. The fourth-order valence-corrected chi connectivity index (χ4v) is 1.70. The molecule has 0 amide bonds. The van der Waals surface area contributed by atoms with E-state index >= 15 is 0 Å². The highest BCUT2D eigenvalue weighted by Crippen LogP contribution is 2.25. The second-order valence-electron chi connectivity index (χ2n) is 3.24. The number of aromatic nitrogens is 1. The van der Waals surface area contributed by atoms with Gasteiger partial charge in [0.25, 0.3) is 0 Å². The van der Waals surface area contributed by atoms with Gasteiger partial charge in [-0.2, -0.15) is 0 Å². The Bertz CT molecular complexity index is 428. The average Bonchev–Trinajstić information content (AvgIpc) is 2.74. The molecular weight excluding hydrogens is 256 g/mol. The molecule has 15 heavy (non-hydrogen) atoms. The summed E-state index contributed by atoms with van der Waals surface area (Å²) in [5, 5.41) is 3.33. The lowest BCUT2D eigenvalue weighted by Gasteiger charge is -2.13. The number of rotatable bonds is 3. The number of nitrogens with one attached hydrogen (secondary N) is 1. The first-order chi connectivity index (χ1) is 7.27. The van der Waals surface area contributed by atoms with E-state index in [1.165, 1.54) is 0 Å². The van der Waals surface area contributed by atoms with Crippen molar-refractivity contribution in [2.24, 2.45) is 0 Å². The lowest BCUT2D eigenvalue weighted by atomic mass is 10.2. The number of pyridine rings is 1. The van der Waals surface area contributed by atoms with Gasteiger partial charge in [-0.3, -0.25) is 4.98 Å². The van der Waals surface area contributed by atoms with Gasteiger partial charge in [-0.05, 0) is 41.1 Å². The van der Waals surface area contributed by atoms with Crippen molar-refractivity contribution in [2.75, 3.05) is 5.32 Å². The lowest BCUT2D eigenvalue weighted by Crippen LogP contribution is -2.05. The Morgan fingerprint density at radius 1 is 1.47 bits per heavy atom. The summed E-state index contributed by atoms with van der Waals surface area (Å²) in [4.78, 5) is 4.00. The number of hydrogen-bond acceptors (Lipinski definition) is 3. The molecule has 2 heterocycles. The second-order valence-corrected chi connectivity index (χ2v) is 4.09. The number of furan rings is 1. The van der Waals surface area contributed by atoms with Crippen LogP contribution in [0.3, 0.4) is 0 Å². The summed E-state index contributed by atoms with van der Waals surface area (Å²) in [7, 11) is 0. The quantitative estimate of drug-likeness (QED) is 0.923. The van der Waals surface area contributed by atoms with Gasteiger partial charge >= 0.3 is 0 Å². The van der Waals surface area contributed by atoms with Crippen molar-refractivity contribution in [3.05, 3.63) is 47.1 Å². The molecule has 0 aliphatic heterocycles. The molecule has 1 unspecified atom stereocenters. The van der Waals surface area contributed by atoms with Gasteiger partial charge in [0.2, 0.25) is 0 Å². The molecule has 0 aromatic carbocycles. The van der Waals surface area contributed by atoms with Crippen LogP contribution in [0.25, 0.3) is 0 Å². The van der Waals surface area contributed by atoms with Crippen molar-refractivity contribution in [1.29, 1.82) is 0 Å². The molecule has 78 valence electrons. The molecule has 0 fully saturated rings. The Balaban J connectivity index is 2.13. The molecule has 1 atom stereocenters. The molecule has 0 saturated heterocycles. The van der Waals surface area contributed by atoms with E-state index in [0.29, 0.717) is 0 Å². The zero-order valence-electron chi connectivity index (χ0n) is 8.27. The smallest absolute Gasteiger partial charge is 0.125 e. The van der Waals surface area contributed by atoms with Crippen molar-refractivity contribution in [1.82, 2.24) is 4.98 Å². The summed E-state index contributed by atoms with van der Waals surface area (Å²) in [6.45, 7) is 2.05. The van der Waals surface area contributed by atoms with Gasteiger partial charge in [0, 0.05) is 12.4 Å². The average molecular weight is 267 g/mol. The molecule has 0 aliphatic rings. The summed E-state index contributed by atoms with van der Waals surface area (Å²) in [5.41, 5.74) is 1.01. The Morgan fingerprint density at radius 3 is 3.00 bits per heavy atom. The van der Waals surface area contributed by atoms with E-state index in [1.54, 1.807) is 18.7 Å². The number of hydrogen-bond donors (Lipinski definition) is 1. The van der Waals surface area contributed by atoms with Crippen molar-refractivity contribution in [3.63, 3.8) is 0 Å². The maximum atomic E-state index is 5.31.